The summed E-state index contributed by atoms with van der Waals surface area (Å²) in [7, 11) is 0. The Morgan fingerprint density at radius 1 is 1.25 bits per heavy atom. The van der Waals surface area contributed by atoms with Gasteiger partial charge in [-0.05, 0) is 47.1 Å². The first kappa shape index (κ1) is 11.5. The van der Waals surface area contributed by atoms with Crippen LogP contribution in [0.4, 0.5) is 4.39 Å². The van der Waals surface area contributed by atoms with Gasteiger partial charge in [0.25, 0.3) is 0 Å². The molecule has 0 aliphatic heterocycles. The zero-order chi connectivity index (χ0) is 11.7. The van der Waals surface area contributed by atoms with Crippen molar-refractivity contribution in [1.29, 1.82) is 0 Å². The lowest BCUT2D eigenvalue weighted by Gasteiger charge is -2.03. The Labute approximate surface area is 106 Å². The number of aryl methyl sites for hydroxylation is 1. The van der Waals surface area contributed by atoms with Gasteiger partial charge in [0, 0.05) is 11.3 Å². The van der Waals surface area contributed by atoms with Crippen LogP contribution in [-0.2, 0) is 0 Å². The molecule has 1 aromatic carbocycles. The van der Waals surface area contributed by atoms with Crippen molar-refractivity contribution in [3.8, 4) is 11.4 Å². The molecule has 16 heavy (non-hydrogen) atoms. The van der Waals surface area contributed by atoms with Crippen molar-refractivity contribution >= 4 is 27.5 Å². The van der Waals surface area contributed by atoms with Gasteiger partial charge >= 0.3 is 0 Å². The summed E-state index contributed by atoms with van der Waals surface area (Å²) in [6, 6.07) is 6.37. The Hall–Kier alpha value is -1.00. The minimum Gasteiger partial charge on any atom is -0.233 e. The van der Waals surface area contributed by atoms with Crippen molar-refractivity contribution in [3.63, 3.8) is 0 Å². The van der Waals surface area contributed by atoms with Gasteiger partial charge in [0.1, 0.15) is 11.0 Å². The fraction of sp³-hybridized carbons (Fsp3) is 0.0909. The monoisotopic (exact) mass is 300 g/mol. The Bertz CT molecular complexity index is 525. The Balaban J connectivity index is 2.54. The van der Waals surface area contributed by atoms with Gasteiger partial charge in [-0.3, -0.25) is 0 Å². The van der Waals surface area contributed by atoms with Gasteiger partial charge in [0.05, 0.1) is 4.47 Å². The number of nitrogens with zero attached hydrogens (tertiary/aromatic N) is 2. The Morgan fingerprint density at radius 3 is 2.62 bits per heavy atom. The summed E-state index contributed by atoms with van der Waals surface area (Å²) in [5.41, 5.74) is 1.35. The van der Waals surface area contributed by atoms with Gasteiger partial charge in [-0.15, -0.1) is 0 Å². The molecule has 0 unspecified atom stereocenters. The van der Waals surface area contributed by atoms with E-state index in [1.807, 2.05) is 6.92 Å². The predicted molar refractivity (Wildman–Crippen MR) is 64.9 cm³/mol. The number of hydrogen-bond donors (Lipinski definition) is 0. The maximum atomic E-state index is 13.3. The van der Waals surface area contributed by atoms with Gasteiger partial charge in [0.2, 0.25) is 0 Å². The van der Waals surface area contributed by atoms with Crippen LogP contribution < -0.4 is 0 Å². The molecule has 1 aromatic heterocycles. The molecular weight excluding hydrogens is 294 g/mol. The zero-order valence-electron chi connectivity index (χ0n) is 8.34. The number of rotatable bonds is 1. The van der Waals surface area contributed by atoms with Crippen molar-refractivity contribution in [2.75, 3.05) is 0 Å². The van der Waals surface area contributed by atoms with E-state index in [0.717, 1.165) is 5.69 Å². The molecule has 0 aliphatic carbocycles. The van der Waals surface area contributed by atoms with E-state index in [1.165, 1.54) is 6.07 Å². The number of hydrogen-bond acceptors (Lipinski definition) is 2. The Kier molecular flexibility index (Phi) is 3.21. The van der Waals surface area contributed by atoms with Crippen molar-refractivity contribution in [1.82, 2.24) is 9.97 Å². The first-order valence-electron chi connectivity index (χ1n) is 4.53. The van der Waals surface area contributed by atoms with E-state index in [1.54, 1.807) is 18.2 Å². The van der Waals surface area contributed by atoms with Crippen LogP contribution in [0.15, 0.2) is 28.7 Å². The second-order valence-corrected chi connectivity index (χ2v) is 4.53. The average Bonchev–Trinajstić information content (AvgIpc) is 2.20. The molecule has 0 radical (unpaired) electrons. The summed E-state index contributed by atoms with van der Waals surface area (Å²) < 4.78 is 13.7. The molecule has 5 heteroatoms. The summed E-state index contributed by atoms with van der Waals surface area (Å²) in [6.45, 7) is 1.81. The molecule has 1 heterocycles. The first-order valence-corrected chi connectivity index (χ1v) is 5.70. The highest BCUT2D eigenvalue weighted by Gasteiger charge is 2.07. The maximum absolute atomic E-state index is 13.3. The summed E-state index contributed by atoms with van der Waals surface area (Å²) in [5.74, 6) is 0.0788. The number of benzene rings is 1. The van der Waals surface area contributed by atoms with Crippen LogP contribution >= 0.6 is 27.5 Å². The SMILES string of the molecule is Cc1cc(Cl)nc(-c2ccc(Br)c(F)c2)n1. The molecule has 0 atom stereocenters. The van der Waals surface area contributed by atoms with Crippen LogP contribution in [0.3, 0.4) is 0 Å². The minimum absolute atomic E-state index is 0.348. The lowest BCUT2D eigenvalue weighted by Crippen LogP contribution is -1.93. The van der Waals surface area contributed by atoms with Crippen molar-refractivity contribution < 1.29 is 4.39 Å². The normalized spacial score (nSPS) is 10.5. The van der Waals surface area contributed by atoms with E-state index in [-0.39, 0.29) is 5.82 Å². The third-order valence-corrected chi connectivity index (χ3v) is 2.84. The predicted octanol–water partition coefficient (Wildman–Crippen LogP) is 4.01. The molecule has 0 amide bonds. The second kappa shape index (κ2) is 4.47. The molecule has 0 saturated heterocycles. The summed E-state index contributed by atoms with van der Waals surface area (Å²) in [5, 5.41) is 0.353. The number of aromatic nitrogens is 2. The molecule has 0 spiro atoms. The molecule has 0 aliphatic rings. The quantitative estimate of drug-likeness (QED) is 0.744. The fourth-order valence-corrected chi connectivity index (χ4v) is 1.78. The van der Waals surface area contributed by atoms with Crippen LogP contribution in [-0.4, -0.2) is 9.97 Å². The molecule has 0 saturated carbocycles. The molecule has 2 aromatic rings. The number of halogens is 3. The van der Waals surface area contributed by atoms with Crippen LogP contribution in [0.5, 0.6) is 0 Å². The topological polar surface area (TPSA) is 25.8 Å². The molecule has 0 bridgehead atoms. The van der Waals surface area contributed by atoms with Crippen LogP contribution in [0.25, 0.3) is 11.4 Å². The first-order chi connectivity index (χ1) is 7.56. The Morgan fingerprint density at radius 2 is 2.00 bits per heavy atom. The van der Waals surface area contributed by atoms with Gasteiger partial charge in [-0.1, -0.05) is 11.6 Å². The second-order valence-electron chi connectivity index (χ2n) is 3.28. The summed E-state index contributed by atoms with van der Waals surface area (Å²) in [6.07, 6.45) is 0. The van der Waals surface area contributed by atoms with E-state index in [9.17, 15) is 4.39 Å². The zero-order valence-corrected chi connectivity index (χ0v) is 10.7. The smallest absolute Gasteiger partial charge is 0.161 e. The van der Waals surface area contributed by atoms with E-state index in [4.69, 9.17) is 11.6 Å². The maximum Gasteiger partial charge on any atom is 0.161 e. The van der Waals surface area contributed by atoms with Crippen molar-refractivity contribution in [2.24, 2.45) is 0 Å². The fourth-order valence-electron chi connectivity index (χ4n) is 1.29. The van der Waals surface area contributed by atoms with Crippen LogP contribution in [0.1, 0.15) is 5.69 Å². The lowest BCUT2D eigenvalue weighted by atomic mass is 10.2. The summed E-state index contributed by atoms with van der Waals surface area (Å²) in [4.78, 5) is 8.24. The average molecular weight is 302 g/mol. The van der Waals surface area contributed by atoms with E-state index >= 15 is 0 Å². The molecule has 0 N–H and O–H groups in total. The van der Waals surface area contributed by atoms with Gasteiger partial charge in [0.15, 0.2) is 5.82 Å². The molecular formula is C11H7BrClFN2. The third-order valence-electron chi connectivity index (χ3n) is 2.00. The molecule has 0 fully saturated rings. The van der Waals surface area contributed by atoms with Gasteiger partial charge in [-0.2, -0.15) is 0 Å². The summed E-state index contributed by atoms with van der Waals surface area (Å²) >= 11 is 8.91. The highest BCUT2D eigenvalue weighted by Crippen LogP contribution is 2.23. The van der Waals surface area contributed by atoms with Gasteiger partial charge in [-0.25, -0.2) is 14.4 Å². The van der Waals surface area contributed by atoms with Crippen molar-refractivity contribution in [2.45, 2.75) is 6.92 Å². The highest BCUT2D eigenvalue weighted by molar-refractivity contribution is 9.10. The van der Waals surface area contributed by atoms with Crippen LogP contribution in [0.2, 0.25) is 5.15 Å². The molecule has 82 valence electrons. The highest BCUT2D eigenvalue weighted by atomic mass is 79.9. The molecule has 2 nitrogen and oxygen atoms in total. The van der Waals surface area contributed by atoms with E-state index in [0.29, 0.717) is 21.0 Å². The third kappa shape index (κ3) is 2.39. The van der Waals surface area contributed by atoms with E-state index in [2.05, 4.69) is 25.9 Å². The standard InChI is InChI=1S/C11H7BrClFN2/c1-6-4-10(13)16-11(15-6)7-2-3-8(12)9(14)5-7/h2-5H,1H3. The minimum atomic E-state index is -0.348. The van der Waals surface area contributed by atoms with Crippen LogP contribution in [0, 0.1) is 12.7 Å². The van der Waals surface area contributed by atoms with Crippen molar-refractivity contribution in [3.05, 3.63) is 45.4 Å². The van der Waals surface area contributed by atoms with Gasteiger partial charge < -0.3 is 0 Å². The van der Waals surface area contributed by atoms with E-state index < -0.39 is 0 Å². The largest absolute Gasteiger partial charge is 0.233 e. The lowest BCUT2D eigenvalue weighted by molar-refractivity contribution is 0.621. The molecule has 2 rings (SSSR count).